The second kappa shape index (κ2) is 8.27. The first kappa shape index (κ1) is 16.1. The Morgan fingerprint density at radius 1 is 1.47 bits per heavy atom. The Hall–Kier alpha value is -0.940. The average molecular weight is 332 g/mol. The summed E-state index contributed by atoms with van der Waals surface area (Å²) in [5.41, 5.74) is 0.887. The number of benzene rings is 1. The van der Waals surface area contributed by atoms with E-state index in [0.29, 0.717) is 23.4 Å². The average Bonchev–Trinajstić information content (AvgIpc) is 2.37. The molecule has 1 atom stereocenters. The summed E-state index contributed by atoms with van der Waals surface area (Å²) in [6, 6.07) is 4.97. The van der Waals surface area contributed by atoms with Gasteiger partial charge in [0, 0.05) is 13.0 Å². The van der Waals surface area contributed by atoms with Crippen LogP contribution in [0.2, 0.25) is 0 Å². The summed E-state index contributed by atoms with van der Waals surface area (Å²) in [7, 11) is 0. The van der Waals surface area contributed by atoms with Gasteiger partial charge in [-0.2, -0.15) is 0 Å². The molecule has 0 saturated carbocycles. The fourth-order valence-electron chi connectivity index (χ4n) is 1.77. The van der Waals surface area contributed by atoms with Gasteiger partial charge in [0.15, 0.2) is 0 Å². The molecule has 0 fully saturated rings. The standard InChI is InChI=1S/C14H19BrFNO2/c1-10(5-6-13(18)19)7-8-17-9-11-3-2-4-12(16)14(11)15/h2-4,10,17H,5-9H2,1H3,(H,18,19). The van der Waals surface area contributed by atoms with E-state index in [-0.39, 0.29) is 12.2 Å². The van der Waals surface area contributed by atoms with Gasteiger partial charge in [0.25, 0.3) is 0 Å². The van der Waals surface area contributed by atoms with Gasteiger partial charge in [0.1, 0.15) is 5.82 Å². The minimum absolute atomic E-state index is 0.219. The van der Waals surface area contributed by atoms with Crippen molar-refractivity contribution in [1.29, 1.82) is 0 Å². The minimum Gasteiger partial charge on any atom is -0.481 e. The smallest absolute Gasteiger partial charge is 0.303 e. The van der Waals surface area contributed by atoms with Crippen molar-refractivity contribution in [3.8, 4) is 0 Å². The predicted molar refractivity (Wildman–Crippen MR) is 76.5 cm³/mol. The van der Waals surface area contributed by atoms with Gasteiger partial charge >= 0.3 is 5.97 Å². The molecule has 0 amide bonds. The van der Waals surface area contributed by atoms with Gasteiger partial charge in [-0.3, -0.25) is 4.79 Å². The first-order valence-corrected chi connectivity index (χ1v) is 7.15. The molecule has 0 saturated heterocycles. The molecule has 0 aliphatic carbocycles. The molecule has 106 valence electrons. The molecule has 5 heteroatoms. The van der Waals surface area contributed by atoms with E-state index in [1.807, 2.05) is 13.0 Å². The molecular weight excluding hydrogens is 313 g/mol. The van der Waals surface area contributed by atoms with Crippen molar-refractivity contribution in [2.24, 2.45) is 5.92 Å². The molecule has 19 heavy (non-hydrogen) atoms. The van der Waals surface area contributed by atoms with E-state index in [1.54, 1.807) is 6.07 Å². The topological polar surface area (TPSA) is 49.3 Å². The van der Waals surface area contributed by atoms with Crippen molar-refractivity contribution >= 4 is 21.9 Å². The number of halogens is 2. The molecule has 0 bridgehead atoms. The van der Waals surface area contributed by atoms with Gasteiger partial charge < -0.3 is 10.4 Å². The third kappa shape index (κ3) is 6.16. The van der Waals surface area contributed by atoms with Crippen LogP contribution in [0, 0.1) is 11.7 Å². The van der Waals surface area contributed by atoms with Gasteiger partial charge in [-0.1, -0.05) is 19.1 Å². The molecular formula is C14H19BrFNO2. The molecule has 0 radical (unpaired) electrons. The van der Waals surface area contributed by atoms with Gasteiger partial charge in [-0.25, -0.2) is 4.39 Å². The number of nitrogens with one attached hydrogen (secondary N) is 1. The number of aliphatic carboxylic acids is 1. The maximum absolute atomic E-state index is 13.3. The van der Waals surface area contributed by atoms with Gasteiger partial charge in [0.2, 0.25) is 0 Å². The minimum atomic E-state index is -0.747. The Balaban J connectivity index is 2.23. The summed E-state index contributed by atoms with van der Waals surface area (Å²) in [6.45, 7) is 3.44. The first-order chi connectivity index (χ1) is 9.00. The molecule has 0 aromatic heterocycles. The molecule has 1 aromatic carbocycles. The van der Waals surface area contributed by atoms with E-state index in [4.69, 9.17) is 5.11 Å². The number of carbonyl (C=O) groups is 1. The fraction of sp³-hybridized carbons (Fsp3) is 0.500. The summed E-state index contributed by atoms with van der Waals surface area (Å²) >= 11 is 3.22. The highest BCUT2D eigenvalue weighted by Gasteiger charge is 2.07. The normalized spacial score (nSPS) is 12.4. The van der Waals surface area contributed by atoms with Gasteiger partial charge in [-0.15, -0.1) is 0 Å². The van der Waals surface area contributed by atoms with Gasteiger partial charge in [0.05, 0.1) is 4.47 Å². The first-order valence-electron chi connectivity index (χ1n) is 6.36. The lowest BCUT2D eigenvalue weighted by atomic mass is 10.0. The Labute approximate surface area is 121 Å². The highest BCUT2D eigenvalue weighted by molar-refractivity contribution is 9.10. The second-order valence-electron chi connectivity index (χ2n) is 4.72. The molecule has 1 unspecified atom stereocenters. The summed E-state index contributed by atoms with van der Waals surface area (Å²) in [6.07, 6.45) is 1.83. The van der Waals surface area contributed by atoms with Gasteiger partial charge in [-0.05, 0) is 52.9 Å². The summed E-state index contributed by atoms with van der Waals surface area (Å²) in [5, 5.41) is 11.8. The molecule has 1 rings (SSSR count). The van der Waals surface area contributed by atoms with E-state index >= 15 is 0 Å². The molecule has 0 spiro atoms. The van der Waals surface area contributed by atoms with Crippen molar-refractivity contribution in [3.05, 3.63) is 34.1 Å². The number of carboxylic acids is 1. The van der Waals surface area contributed by atoms with Crippen LogP contribution in [-0.4, -0.2) is 17.6 Å². The number of hydrogen-bond acceptors (Lipinski definition) is 2. The molecule has 2 N–H and O–H groups in total. The molecule has 0 aliphatic rings. The van der Waals surface area contributed by atoms with Crippen LogP contribution in [0.4, 0.5) is 4.39 Å². The van der Waals surface area contributed by atoms with E-state index < -0.39 is 5.97 Å². The predicted octanol–water partition coefficient (Wildman–Crippen LogP) is 3.57. The van der Waals surface area contributed by atoms with Crippen LogP contribution in [0.3, 0.4) is 0 Å². The Morgan fingerprint density at radius 3 is 2.89 bits per heavy atom. The summed E-state index contributed by atoms with van der Waals surface area (Å²) < 4.78 is 13.8. The van der Waals surface area contributed by atoms with Crippen molar-refractivity contribution in [1.82, 2.24) is 5.32 Å². The van der Waals surface area contributed by atoms with Crippen LogP contribution in [0.1, 0.15) is 31.7 Å². The van der Waals surface area contributed by atoms with Crippen molar-refractivity contribution in [2.75, 3.05) is 6.54 Å². The zero-order chi connectivity index (χ0) is 14.3. The zero-order valence-corrected chi connectivity index (χ0v) is 12.5. The quantitative estimate of drug-likeness (QED) is 0.716. The Kier molecular flexibility index (Phi) is 7.02. The second-order valence-corrected chi connectivity index (χ2v) is 5.51. The largest absolute Gasteiger partial charge is 0.481 e. The Morgan fingerprint density at radius 2 is 2.21 bits per heavy atom. The number of rotatable bonds is 8. The lowest BCUT2D eigenvalue weighted by Gasteiger charge is -2.11. The molecule has 3 nitrogen and oxygen atoms in total. The molecule has 0 heterocycles. The Bertz CT molecular complexity index is 426. The summed E-state index contributed by atoms with van der Waals surface area (Å²) in [4.78, 5) is 10.4. The number of hydrogen-bond donors (Lipinski definition) is 2. The highest BCUT2D eigenvalue weighted by Crippen LogP contribution is 2.20. The fourth-order valence-corrected chi connectivity index (χ4v) is 2.18. The summed E-state index contributed by atoms with van der Waals surface area (Å²) in [5.74, 6) is -0.628. The molecule has 0 aliphatic heterocycles. The van der Waals surface area contributed by atoms with Crippen LogP contribution in [0.25, 0.3) is 0 Å². The maximum Gasteiger partial charge on any atom is 0.303 e. The van der Waals surface area contributed by atoms with Crippen molar-refractivity contribution in [2.45, 2.75) is 32.7 Å². The van der Waals surface area contributed by atoms with Crippen molar-refractivity contribution in [3.63, 3.8) is 0 Å². The van der Waals surface area contributed by atoms with Crippen LogP contribution in [0.15, 0.2) is 22.7 Å². The van der Waals surface area contributed by atoms with Crippen LogP contribution in [-0.2, 0) is 11.3 Å². The van der Waals surface area contributed by atoms with Crippen LogP contribution >= 0.6 is 15.9 Å². The van der Waals surface area contributed by atoms with E-state index in [0.717, 1.165) is 18.5 Å². The molecule has 1 aromatic rings. The third-order valence-electron chi connectivity index (χ3n) is 3.01. The lowest BCUT2D eigenvalue weighted by Crippen LogP contribution is -2.17. The third-order valence-corrected chi connectivity index (χ3v) is 3.90. The van der Waals surface area contributed by atoms with E-state index in [1.165, 1.54) is 6.07 Å². The zero-order valence-electron chi connectivity index (χ0n) is 11.0. The van der Waals surface area contributed by atoms with E-state index in [9.17, 15) is 9.18 Å². The monoisotopic (exact) mass is 331 g/mol. The van der Waals surface area contributed by atoms with Crippen molar-refractivity contribution < 1.29 is 14.3 Å². The SMILES string of the molecule is CC(CCNCc1cccc(F)c1Br)CCC(=O)O. The number of carboxylic acid groups (broad SMARTS) is 1. The van der Waals surface area contributed by atoms with Crippen LogP contribution in [0.5, 0.6) is 0 Å². The van der Waals surface area contributed by atoms with Crippen LogP contribution < -0.4 is 5.32 Å². The van der Waals surface area contributed by atoms with E-state index in [2.05, 4.69) is 21.2 Å². The lowest BCUT2D eigenvalue weighted by molar-refractivity contribution is -0.137. The highest BCUT2D eigenvalue weighted by atomic mass is 79.9. The maximum atomic E-state index is 13.3.